The second kappa shape index (κ2) is 7.23. The molecule has 0 aliphatic heterocycles. The summed E-state index contributed by atoms with van der Waals surface area (Å²) in [5.41, 5.74) is 1.01. The molecule has 1 rings (SSSR count). The number of benzene rings is 1. The van der Waals surface area contributed by atoms with Crippen LogP contribution >= 0.6 is 0 Å². The van der Waals surface area contributed by atoms with Crippen molar-refractivity contribution in [1.29, 1.82) is 0 Å². The maximum absolute atomic E-state index is 12.5. The highest BCUT2D eigenvalue weighted by molar-refractivity contribution is 7.89. The number of hydrogen-bond donors (Lipinski definition) is 1. The first-order valence-corrected chi connectivity index (χ1v) is 10.2. The van der Waals surface area contributed by atoms with Crippen LogP contribution in [0.2, 0.25) is 0 Å². The minimum atomic E-state index is -3.60. The van der Waals surface area contributed by atoms with Gasteiger partial charge in [0.1, 0.15) is 0 Å². The van der Waals surface area contributed by atoms with Crippen LogP contribution in [0.15, 0.2) is 29.2 Å². The van der Waals surface area contributed by atoms with Crippen molar-refractivity contribution in [2.75, 3.05) is 5.75 Å². The maximum atomic E-state index is 12.5. The van der Waals surface area contributed by atoms with Gasteiger partial charge in [0.2, 0.25) is 10.0 Å². The Hall–Kier alpha value is -0.720. The van der Waals surface area contributed by atoms with Crippen LogP contribution in [0.4, 0.5) is 0 Å². The zero-order chi connectivity index (χ0) is 17.1. The Kier molecular flexibility index (Phi) is 6.36. The Bertz CT molecular complexity index is 614. The molecule has 0 aromatic heterocycles. The van der Waals surface area contributed by atoms with Gasteiger partial charge >= 0.3 is 0 Å². The first kappa shape index (κ1) is 19.3. The van der Waals surface area contributed by atoms with Gasteiger partial charge in [0.15, 0.2) is 0 Å². The molecule has 0 aliphatic carbocycles. The molecule has 6 heteroatoms. The quantitative estimate of drug-likeness (QED) is 0.862. The van der Waals surface area contributed by atoms with E-state index in [0.29, 0.717) is 5.75 Å². The van der Waals surface area contributed by atoms with E-state index < -0.39 is 20.8 Å². The monoisotopic (exact) mass is 345 g/mol. The van der Waals surface area contributed by atoms with Crippen molar-refractivity contribution in [3.8, 4) is 0 Å². The third-order valence-electron chi connectivity index (χ3n) is 3.46. The number of nitrogens with one attached hydrogen (secondary N) is 1. The fourth-order valence-corrected chi connectivity index (χ4v) is 4.54. The molecule has 22 heavy (non-hydrogen) atoms. The van der Waals surface area contributed by atoms with E-state index in [0.717, 1.165) is 5.56 Å². The third-order valence-corrected chi connectivity index (χ3v) is 6.99. The van der Waals surface area contributed by atoms with Gasteiger partial charge in [0.05, 0.1) is 4.90 Å². The van der Waals surface area contributed by atoms with Crippen molar-refractivity contribution in [1.82, 2.24) is 4.72 Å². The number of hydrogen-bond acceptors (Lipinski definition) is 3. The van der Waals surface area contributed by atoms with Crippen molar-refractivity contribution in [2.45, 2.75) is 57.2 Å². The molecule has 0 spiro atoms. The fraction of sp³-hybridized carbons (Fsp3) is 0.625. The molecule has 1 unspecified atom stereocenters. The van der Waals surface area contributed by atoms with Crippen LogP contribution in [-0.4, -0.2) is 29.2 Å². The van der Waals surface area contributed by atoms with Crippen LogP contribution in [0.1, 0.15) is 40.2 Å². The van der Waals surface area contributed by atoms with Gasteiger partial charge in [0.25, 0.3) is 0 Å². The third kappa shape index (κ3) is 5.48. The molecule has 0 fully saturated rings. The van der Waals surface area contributed by atoms with Gasteiger partial charge in [-0.15, -0.1) is 0 Å². The molecule has 1 aromatic carbocycles. The first-order valence-electron chi connectivity index (χ1n) is 7.41. The SMILES string of the molecule is Cc1ccc(S(=O)(=O)N[C@H](CS(=O)C(C)(C)C)C(C)C)cc1. The Morgan fingerprint density at radius 1 is 1.14 bits per heavy atom. The lowest BCUT2D eigenvalue weighted by Gasteiger charge is -2.26. The smallest absolute Gasteiger partial charge is 0.240 e. The summed E-state index contributed by atoms with van der Waals surface area (Å²) < 4.78 is 39.6. The Balaban J connectivity index is 2.95. The average molecular weight is 346 g/mol. The maximum Gasteiger partial charge on any atom is 0.240 e. The summed E-state index contributed by atoms with van der Waals surface area (Å²) in [4.78, 5) is 0.241. The molecule has 0 saturated heterocycles. The van der Waals surface area contributed by atoms with Crippen molar-refractivity contribution >= 4 is 20.8 Å². The molecular formula is C16H27NO3S2. The molecule has 4 nitrogen and oxygen atoms in total. The van der Waals surface area contributed by atoms with Gasteiger partial charge in [-0.3, -0.25) is 4.21 Å². The predicted molar refractivity (Wildman–Crippen MR) is 92.9 cm³/mol. The molecule has 0 bridgehead atoms. The van der Waals surface area contributed by atoms with E-state index >= 15 is 0 Å². The van der Waals surface area contributed by atoms with Crippen LogP contribution in [0.5, 0.6) is 0 Å². The summed E-state index contributed by atoms with van der Waals surface area (Å²) in [6.07, 6.45) is 0. The van der Waals surface area contributed by atoms with Crippen LogP contribution in [0.3, 0.4) is 0 Å². The highest BCUT2D eigenvalue weighted by atomic mass is 32.2. The number of sulfonamides is 1. The Labute approximate surface area is 137 Å². The first-order chi connectivity index (χ1) is 9.93. The second-order valence-electron chi connectivity index (χ2n) is 6.91. The molecule has 2 atom stereocenters. The van der Waals surface area contributed by atoms with Crippen molar-refractivity contribution in [2.24, 2.45) is 5.92 Å². The number of rotatable bonds is 6. The van der Waals surface area contributed by atoms with Crippen LogP contribution in [0.25, 0.3) is 0 Å². The van der Waals surface area contributed by atoms with Gasteiger partial charge in [-0.1, -0.05) is 31.5 Å². The molecule has 0 aliphatic rings. The van der Waals surface area contributed by atoms with Crippen LogP contribution < -0.4 is 4.72 Å². The van der Waals surface area contributed by atoms with Crippen molar-refractivity contribution in [3.05, 3.63) is 29.8 Å². The van der Waals surface area contributed by atoms with Gasteiger partial charge < -0.3 is 0 Å². The molecule has 1 N–H and O–H groups in total. The molecule has 0 amide bonds. The molecular weight excluding hydrogens is 318 g/mol. The topological polar surface area (TPSA) is 63.2 Å². The highest BCUT2D eigenvalue weighted by Crippen LogP contribution is 2.17. The molecule has 0 radical (unpaired) electrons. The summed E-state index contributed by atoms with van der Waals surface area (Å²) in [6.45, 7) is 11.5. The molecule has 126 valence electrons. The standard InChI is InChI=1S/C16H27NO3S2/c1-12(2)15(11-21(18)16(4,5)6)17-22(19,20)14-9-7-13(3)8-10-14/h7-10,12,15,17H,11H2,1-6H3/t15-,21?/m1/s1. The van der Waals surface area contributed by atoms with Gasteiger partial charge in [-0.05, 0) is 45.7 Å². The fourth-order valence-electron chi connectivity index (χ4n) is 1.76. The van der Waals surface area contributed by atoms with E-state index in [2.05, 4.69) is 4.72 Å². The van der Waals surface area contributed by atoms with Gasteiger partial charge in [-0.25, -0.2) is 13.1 Å². The summed E-state index contributed by atoms with van der Waals surface area (Å²) in [5, 5.41) is 0. The van der Waals surface area contributed by atoms with Crippen LogP contribution in [-0.2, 0) is 20.8 Å². The second-order valence-corrected chi connectivity index (χ2v) is 10.9. The van der Waals surface area contributed by atoms with Crippen molar-refractivity contribution in [3.63, 3.8) is 0 Å². The minimum absolute atomic E-state index is 0.0616. The summed E-state index contributed by atoms with van der Waals surface area (Å²) in [5.74, 6) is 0.373. The highest BCUT2D eigenvalue weighted by Gasteiger charge is 2.28. The van der Waals surface area contributed by atoms with E-state index in [9.17, 15) is 12.6 Å². The molecule has 0 heterocycles. The average Bonchev–Trinajstić information content (AvgIpc) is 2.36. The van der Waals surface area contributed by atoms with E-state index in [-0.39, 0.29) is 21.6 Å². The van der Waals surface area contributed by atoms with E-state index in [1.54, 1.807) is 24.3 Å². The minimum Gasteiger partial charge on any atom is -0.259 e. The predicted octanol–water partition coefficient (Wildman–Crippen LogP) is 2.85. The van der Waals surface area contributed by atoms with Crippen LogP contribution in [0, 0.1) is 12.8 Å². The largest absolute Gasteiger partial charge is 0.259 e. The van der Waals surface area contributed by atoms with Gasteiger partial charge in [0, 0.05) is 27.3 Å². The summed E-state index contributed by atoms with van der Waals surface area (Å²) in [6, 6.07) is 6.37. The van der Waals surface area contributed by atoms with E-state index in [1.165, 1.54) is 0 Å². The normalized spacial score (nSPS) is 15.8. The number of aryl methyl sites for hydroxylation is 1. The Morgan fingerprint density at radius 2 is 1.64 bits per heavy atom. The zero-order valence-electron chi connectivity index (χ0n) is 14.2. The van der Waals surface area contributed by atoms with Gasteiger partial charge in [-0.2, -0.15) is 0 Å². The summed E-state index contributed by atoms with van der Waals surface area (Å²) in [7, 11) is -4.71. The van der Waals surface area contributed by atoms with E-state index in [4.69, 9.17) is 0 Å². The zero-order valence-corrected chi connectivity index (χ0v) is 15.8. The lowest BCUT2D eigenvalue weighted by molar-refractivity contribution is 0.476. The molecule has 0 saturated carbocycles. The lowest BCUT2D eigenvalue weighted by atomic mass is 10.1. The Morgan fingerprint density at radius 3 is 2.05 bits per heavy atom. The molecule has 1 aromatic rings. The lowest BCUT2D eigenvalue weighted by Crippen LogP contribution is -2.44. The van der Waals surface area contributed by atoms with E-state index in [1.807, 2.05) is 41.5 Å². The van der Waals surface area contributed by atoms with Crippen molar-refractivity contribution < 1.29 is 12.6 Å². The summed E-state index contributed by atoms with van der Waals surface area (Å²) >= 11 is 0.